The van der Waals surface area contributed by atoms with Crippen LogP contribution in [0.4, 0.5) is 5.82 Å². The van der Waals surface area contributed by atoms with Crippen LogP contribution in [0.15, 0.2) is 12.1 Å². The molecule has 7 nitrogen and oxygen atoms in total. The minimum absolute atomic E-state index is 0.282. The monoisotopic (exact) mass is 415 g/mol. The lowest BCUT2D eigenvalue weighted by atomic mass is 9.91. The molecule has 166 valence electrons. The van der Waals surface area contributed by atoms with E-state index in [4.69, 9.17) is 9.72 Å². The molecule has 3 aliphatic rings. The zero-order chi connectivity index (χ0) is 20.8. The van der Waals surface area contributed by atoms with Crippen LogP contribution in [-0.4, -0.2) is 90.7 Å². The van der Waals surface area contributed by atoms with E-state index >= 15 is 0 Å². The van der Waals surface area contributed by atoms with Gasteiger partial charge < -0.3 is 15.0 Å². The molecular weight excluding hydrogens is 378 g/mol. The van der Waals surface area contributed by atoms with E-state index in [9.17, 15) is 4.79 Å². The van der Waals surface area contributed by atoms with Crippen LogP contribution in [0.3, 0.4) is 0 Å². The highest BCUT2D eigenvalue weighted by Gasteiger charge is 2.30. The SMILES string of the molecule is CCCOCCNc1ccc2c(n1)CCN(CC(=O)N1CCN(C3CCC3)CC1)C2. The minimum atomic E-state index is 0.282. The molecule has 1 aromatic heterocycles. The molecule has 2 fully saturated rings. The predicted octanol–water partition coefficient (Wildman–Crippen LogP) is 1.97. The summed E-state index contributed by atoms with van der Waals surface area (Å²) < 4.78 is 5.51. The van der Waals surface area contributed by atoms with E-state index in [-0.39, 0.29) is 5.91 Å². The van der Waals surface area contributed by atoms with Crippen molar-refractivity contribution in [3.05, 3.63) is 23.4 Å². The number of aromatic nitrogens is 1. The molecule has 0 unspecified atom stereocenters. The van der Waals surface area contributed by atoms with E-state index in [0.29, 0.717) is 13.2 Å². The van der Waals surface area contributed by atoms with Crippen molar-refractivity contribution in [2.45, 2.75) is 51.6 Å². The summed E-state index contributed by atoms with van der Waals surface area (Å²) in [5, 5.41) is 3.35. The first-order chi connectivity index (χ1) is 14.7. The molecule has 1 aromatic rings. The summed E-state index contributed by atoms with van der Waals surface area (Å²) >= 11 is 0. The summed E-state index contributed by atoms with van der Waals surface area (Å²) in [5.41, 5.74) is 2.41. The van der Waals surface area contributed by atoms with Gasteiger partial charge in [0.15, 0.2) is 0 Å². The molecule has 0 atom stereocenters. The van der Waals surface area contributed by atoms with E-state index in [1.807, 2.05) is 6.07 Å². The summed E-state index contributed by atoms with van der Waals surface area (Å²) in [6, 6.07) is 4.99. The van der Waals surface area contributed by atoms with E-state index < -0.39 is 0 Å². The Labute approximate surface area is 180 Å². The molecule has 0 radical (unpaired) electrons. The van der Waals surface area contributed by atoms with Crippen molar-refractivity contribution < 1.29 is 9.53 Å². The maximum absolute atomic E-state index is 12.8. The second kappa shape index (κ2) is 10.6. The number of carbonyl (C=O) groups excluding carboxylic acids is 1. The number of nitrogens with zero attached hydrogens (tertiary/aromatic N) is 4. The summed E-state index contributed by atoms with van der Waals surface area (Å²) in [6.45, 7) is 10.5. The van der Waals surface area contributed by atoms with Gasteiger partial charge in [-0.05, 0) is 30.9 Å². The zero-order valence-corrected chi connectivity index (χ0v) is 18.4. The summed E-state index contributed by atoms with van der Waals surface area (Å²) in [7, 11) is 0. The van der Waals surface area contributed by atoms with Crippen LogP contribution >= 0.6 is 0 Å². The van der Waals surface area contributed by atoms with Crippen LogP contribution in [0, 0.1) is 0 Å². The number of hydrogen-bond donors (Lipinski definition) is 1. The van der Waals surface area contributed by atoms with Gasteiger partial charge in [-0.1, -0.05) is 19.4 Å². The van der Waals surface area contributed by atoms with Crippen LogP contribution in [-0.2, 0) is 22.5 Å². The van der Waals surface area contributed by atoms with Gasteiger partial charge in [0.1, 0.15) is 5.82 Å². The number of pyridine rings is 1. The molecule has 0 bridgehead atoms. The average molecular weight is 416 g/mol. The standard InChI is InChI=1S/C23H37N5O2/c1-2-15-30-16-9-24-22-7-6-19-17-26(10-8-21(19)25-22)18-23(29)28-13-11-27(12-14-28)20-4-3-5-20/h6-7,20H,2-5,8-18H2,1H3,(H,24,25). The van der Waals surface area contributed by atoms with Gasteiger partial charge in [-0.15, -0.1) is 0 Å². The van der Waals surface area contributed by atoms with Crippen LogP contribution in [0.1, 0.15) is 43.9 Å². The fraction of sp³-hybridized carbons (Fsp3) is 0.739. The van der Waals surface area contributed by atoms with Crippen molar-refractivity contribution in [3.63, 3.8) is 0 Å². The first kappa shape index (κ1) is 21.5. The van der Waals surface area contributed by atoms with Gasteiger partial charge in [0.25, 0.3) is 0 Å². The van der Waals surface area contributed by atoms with Gasteiger partial charge in [-0.2, -0.15) is 0 Å². The maximum atomic E-state index is 12.8. The van der Waals surface area contributed by atoms with E-state index in [1.165, 1.54) is 24.8 Å². The number of anilines is 1. The smallest absolute Gasteiger partial charge is 0.236 e. The Kier molecular flexibility index (Phi) is 7.57. The second-order valence-corrected chi connectivity index (χ2v) is 8.80. The molecule has 3 heterocycles. The third-order valence-corrected chi connectivity index (χ3v) is 6.65. The lowest BCUT2D eigenvalue weighted by Gasteiger charge is -2.43. The van der Waals surface area contributed by atoms with Gasteiger partial charge >= 0.3 is 0 Å². The fourth-order valence-corrected chi connectivity index (χ4v) is 4.59. The number of amides is 1. The van der Waals surface area contributed by atoms with E-state index in [2.05, 4.69) is 33.0 Å². The normalized spacial score (nSPS) is 20.6. The fourth-order valence-electron chi connectivity index (χ4n) is 4.59. The number of fused-ring (bicyclic) bond motifs is 1. The van der Waals surface area contributed by atoms with Gasteiger partial charge in [0.05, 0.1) is 13.2 Å². The van der Waals surface area contributed by atoms with Crippen LogP contribution in [0.25, 0.3) is 0 Å². The summed E-state index contributed by atoms with van der Waals surface area (Å²) in [5.74, 6) is 1.20. The summed E-state index contributed by atoms with van der Waals surface area (Å²) in [4.78, 5) is 24.5. The van der Waals surface area contributed by atoms with Gasteiger partial charge in [0.2, 0.25) is 5.91 Å². The second-order valence-electron chi connectivity index (χ2n) is 8.80. The molecule has 2 aliphatic heterocycles. The number of rotatable bonds is 9. The average Bonchev–Trinajstić information content (AvgIpc) is 2.73. The van der Waals surface area contributed by atoms with Gasteiger partial charge in [-0.25, -0.2) is 4.98 Å². The number of piperazine rings is 1. The zero-order valence-electron chi connectivity index (χ0n) is 18.4. The molecule has 1 saturated heterocycles. The predicted molar refractivity (Wildman–Crippen MR) is 119 cm³/mol. The van der Waals surface area contributed by atoms with E-state index in [0.717, 1.165) is 82.8 Å². The van der Waals surface area contributed by atoms with Crippen molar-refractivity contribution in [2.24, 2.45) is 0 Å². The van der Waals surface area contributed by atoms with Gasteiger partial charge in [0, 0.05) is 70.6 Å². The molecule has 1 amide bonds. The molecule has 0 aromatic carbocycles. The maximum Gasteiger partial charge on any atom is 0.236 e. The number of carbonyl (C=O) groups is 1. The molecule has 1 N–H and O–H groups in total. The minimum Gasteiger partial charge on any atom is -0.380 e. The van der Waals surface area contributed by atoms with Crippen LogP contribution in [0.2, 0.25) is 0 Å². The highest BCUT2D eigenvalue weighted by Crippen LogP contribution is 2.25. The van der Waals surface area contributed by atoms with Gasteiger partial charge in [-0.3, -0.25) is 14.6 Å². The first-order valence-electron chi connectivity index (χ1n) is 11.8. The van der Waals surface area contributed by atoms with Crippen molar-refractivity contribution in [1.82, 2.24) is 19.7 Å². The Bertz CT molecular complexity index is 701. The Morgan fingerprint density at radius 3 is 2.73 bits per heavy atom. The van der Waals surface area contributed by atoms with Crippen molar-refractivity contribution in [2.75, 3.05) is 64.3 Å². The topological polar surface area (TPSA) is 60.9 Å². The highest BCUT2D eigenvalue weighted by atomic mass is 16.5. The third-order valence-electron chi connectivity index (χ3n) is 6.65. The Morgan fingerprint density at radius 2 is 2.00 bits per heavy atom. The number of nitrogens with one attached hydrogen (secondary N) is 1. The lowest BCUT2D eigenvalue weighted by molar-refractivity contribution is -0.135. The Hall–Kier alpha value is -1.70. The number of ether oxygens (including phenoxy) is 1. The first-order valence-corrected chi connectivity index (χ1v) is 11.8. The van der Waals surface area contributed by atoms with Crippen LogP contribution < -0.4 is 5.32 Å². The summed E-state index contributed by atoms with van der Waals surface area (Å²) in [6.07, 6.45) is 6.02. The quantitative estimate of drug-likeness (QED) is 0.623. The third kappa shape index (κ3) is 5.50. The van der Waals surface area contributed by atoms with E-state index in [1.54, 1.807) is 0 Å². The molecule has 0 spiro atoms. The molecule has 1 saturated carbocycles. The molecule has 7 heteroatoms. The Balaban J connectivity index is 1.21. The molecule has 1 aliphatic carbocycles. The molecule has 4 rings (SSSR count). The number of hydrogen-bond acceptors (Lipinski definition) is 6. The lowest BCUT2D eigenvalue weighted by Crippen LogP contribution is -2.55. The van der Waals surface area contributed by atoms with Crippen molar-refractivity contribution in [1.29, 1.82) is 0 Å². The highest BCUT2D eigenvalue weighted by molar-refractivity contribution is 5.78. The van der Waals surface area contributed by atoms with Crippen molar-refractivity contribution >= 4 is 11.7 Å². The Morgan fingerprint density at radius 1 is 1.17 bits per heavy atom. The molecular formula is C23H37N5O2. The largest absolute Gasteiger partial charge is 0.380 e. The molecule has 30 heavy (non-hydrogen) atoms. The van der Waals surface area contributed by atoms with Crippen molar-refractivity contribution in [3.8, 4) is 0 Å². The van der Waals surface area contributed by atoms with Crippen LogP contribution in [0.5, 0.6) is 0 Å².